The maximum Gasteiger partial charge on any atom is 0.296 e. The molecule has 62 heavy (non-hydrogen) atoms. The third-order valence-corrected chi connectivity index (χ3v) is 11.5. The van der Waals surface area contributed by atoms with Crippen LogP contribution in [0.3, 0.4) is 0 Å². The molecular weight excluding hydrogens is 894 g/mol. The summed E-state index contributed by atoms with van der Waals surface area (Å²) in [5.74, 6) is -0.878. The SMILES string of the molecule is Nc1c(N=Nc2ccc(-c3ccc(N=Nc4c(S(=O)(=O)O)cc5cc(S(=O)(=O)O)c(N=Nc6ccccc6)c(O)c5c4N)cc3)cc2)ccc2c(S(=O)(=O)O)cccc12.[Na].[Na].[Na]. The molecular formula is C38H28N8Na3O10S3. The number of azo groups is 3. The Morgan fingerprint density at radius 3 is 1.42 bits per heavy atom. The third-order valence-electron chi connectivity index (χ3n) is 8.82. The van der Waals surface area contributed by atoms with Gasteiger partial charge in [-0.3, -0.25) is 13.7 Å². The van der Waals surface area contributed by atoms with E-state index in [-0.39, 0.29) is 132 Å². The van der Waals surface area contributed by atoms with Gasteiger partial charge in [0, 0.05) is 99.4 Å². The van der Waals surface area contributed by atoms with Crippen molar-refractivity contribution in [2.45, 2.75) is 14.7 Å². The molecule has 0 fully saturated rings. The van der Waals surface area contributed by atoms with E-state index in [0.717, 1.165) is 23.3 Å². The number of benzene rings is 7. The van der Waals surface area contributed by atoms with E-state index in [1.807, 2.05) is 0 Å². The summed E-state index contributed by atoms with van der Waals surface area (Å²) in [5.41, 5.74) is 13.7. The largest absolute Gasteiger partial charge is 0.505 e. The van der Waals surface area contributed by atoms with Crippen molar-refractivity contribution in [3.05, 3.63) is 121 Å². The monoisotopic (exact) mass is 921 g/mol. The van der Waals surface area contributed by atoms with Crippen LogP contribution in [0, 0.1) is 0 Å². The molecule has 7 aromatic rings. The first-order valence-electron chi connectivity index (χ1n) is 16.8. The molecule has 18 nitrogen and oxygen atoms in total. The van der Waals surface area contributed by atoms with Crippen molar-refractivity contribution < 1.29 is 44.0 Å². The average molecular weight is 922 g/mol. The molecule has 0 atom stereocenters. The Kier molecular flexibility index (Phi) is 16.5. The second-order valence-electron chi connectivity index (χ2n) is 12.6. The average Bonchev–Trinajstić information content (AvgIpc) is 3.19. The van der Waals surface area contributed by atoms with E-state index in [1.54, 1.807) is 84.9 Å². The molecule has 7 aromatic carbocycles. The summed E-state index contributed by atoms with van der Waals surface area (Å²) in [6, 6.07) is 30.4. The number of hydrogen-bond donors (Lipinski definition) is 6. The van der Waals surface area contributed by atoms with Crippen LogP contribution in [0.1, 0.15) is 0 Å². The predicted octanol–water partition coefficient (Wildman–Crippen LogP) is 8.37. The van der Waals surface area contributed by atoms with Gasteiger partial charge >= 0.3 is 0 Å². The van der Waals surface area contributed by atoms with Gasteiger partial charge in [0.2, 0.25) is 0 Å². The van der Waals surface area contributed by atoms with Gasteiger partial charge in [0.1, 0.15) is 31.7 Å². The summed E-state index contributed by atoms with van der Waals surface area (Å²) in [4.78, 5) is -2.06. The molecule has 24 heteroatoms. The molecule has 0 saturated heterocycles. The first-order chi connectivity index (χ1) is 27.9. The molecule has 3 radical (unpaired) electrons. The van der Waals surface area contributed by atoms with Crippen molar-refractivity contribution in [2.24, 2.45) is 30.7 Å². The Balaban J connectivity index is 0.00000282. The second kappa shape index (κ2) is 20.2. The zero-order valence-electron chi connectivity index (χ0n) is 32.8. The number of aromatic hydroxyl groups is 1. The Labute approximate surface area is 420 Å². The molecule has 0 aliphatic heterocycles. The van der Waals surface area contributed by atoms with Crippen molar-refractivity contribution in [3.8, 4) is 16.9 Å². The van der Waals surface area contributed by atoms with Gasteiger partial charge in [-0.25, -0.2) is 0 Å². The molecule has 0 saturated carbocycles. The van der Waals surface area contributed by atoms with Gasteiger partial charge in [0.25, 0.3) is 30.4 Å². The fourth-order valence-corrected chi connectivity index (χ4v) is 8.06. The quantitative estimate of drug-likeness (QED) is 0.0326. The molecule has 7 rings (SSSR count). The summed E-state index contributed by atoms with van der Waals surface area (Å²) in [5, 5.41) is 35.5. The van der Waals surface area contributed by atoms with Crippen LogP contribution in [0.25, 0.3) is 32.7 Å². The van der Waals surface area contributed by atoms with Gasteiger partial charge in [-0.1, -0.05) is 60.7 Å². The Hall–Kier alpha value is -4.01. The smallest absolute Gasteiger partial charge is 0.296 e. The van der Waals surface area contributed by atoms with Crippen molar-refractivity contribution in [3.63, 3.8) is 0 Å². The summed E-state index contributed by atoms with van der Waals surface area (Å²) in [6.45, 7) is 0. The summed E-state index contributed by atoms with van der Waals surface area (Å²) in [6.07, 6.45) is 0. The van der Waals surface area contributed by atoms with E-state index in [1.165, 1.54) is 24.3 Å². The van der Waals surface area contributed by atoms with E-state index in [0.29, 0.717) is 11.1 Å². The predicted molar refractivity (Wildman–Crippen MR) is 236 cm³/mol. The zero-order chi connectivity index (χ0) is 42.3. The number of rotatable bonds is 10. The van der Waals surface area contributed by atoms with E-state index in [9.17, 15) is 44.0 Å². The number of phenolic OH excluding ortho intramolecular Hbond substituents is 1. The van der Waals surface area contributed by atoms with E-state index in [4.69, 9.17) is 11.5 Å². The van der Waals surface area contributed by atoms with Gasteiger partial charge in [-0.05, 0) is 77.2 Å². The van der Waals surface area contributed by atoms with Crippen molar-refractivity contribution >= 4 is 186 Å². The Morgan fingerprint density at radius 2 is 0.903 bits per heavy atom. The molecule has 0 unspecified atom stereocenters. The number of hydrogen-bond acceptors (Lipinski definition) is 15. The maximum absolute atomic E-state index is 12.5. The number of nitrogens with two attached hydrogens (primary N) is 2. The van der Waals surface area contributed by atoms with E-state index in [2.05, 4.69) is 30.7 Å². The van der Waals surface area contributed by atoms with Crippen LogP contribution in [0.4, 0.5) is 45.5 Å². The fraction of sp³-hybridized carbons (Fsp3) is 0. The van der Waals surface area contributed by atoms with Crippen molar-refractivity contribution in [1.29, 1.82) is 0 Å². The maximum atomic E-state index is 12.5. The minimum Gasteiger partial charge on any atom is -0.505 e. The third kappa shape index (κ3) is 11.0. The molecule has 0 spiro atoms. The standard InChI is InChI=1S/C38H28N8O10S3.3Na/c39-34-28-7-4-8-30(57(48,49)50)27(28)17-18-29(34)44-41-25-13-9-21(10-14-25)22-11-15-26(16-12-22)43-45-36-31(58(51,52)53)19-23-20-32(59(54,55)56)37(38(47)33(23)35(36)40)46-42-24-5-2-1-3-6-24;;;/h1-20,47H,39-40H2,(H,48,49,50)(H,51,52,53)(H,54,55,56);;;. The number of fused-ring (bicyclic) bond motifs is 2. The number of anilines is 2. The fourth-order valence-electron chi connectivity index (χ4n) is 6.02. The number of phenols is 1. The second-order valence-corrected chi connectivity index (χ2v) is 16.8. The number of nitrogen functional groups attached to an aromatic ring is 2. The van der Waals surface area contributed by atoms with Crippen LogP contribution in [0.5, 0.6) is 5.75 Å². The van der Waals surface area contributed by atoms with Crippen LogP contribution in [-0.4, -0.2) is 133 Å². The number of nitrogens with zero attached hydrogens (tertiary/aromatic N) is 6. The zero-order valence-corrected chi connectivity index (χ0v) is 41.3. The Morgan fingerprint density at radius 1 is 0.435 bits per heavy atom. The van der Waals surface area contributed by atoms with E-state index < -0.39 is 63.0 Å². The first kappa shape index (κ1) is 50.6. The van der Waals surface area contributed by atoms with Gasteiger partial charge < -0.3 is 16.6 Å². The minimum absolute atomic E-state index is 0. The van der Waals surface area contributed by atoms with Gasteiger partial charge in [-0.2, -0.15) is 40.6 Å². The molecule has 0 aliphatic rings. The molecule has 0 bridgehead atoms. The Bertz CT molecular complexity index is 3270. The first-order valence-corrected chi connectivity index (χ1v) is 21.1. The van der Waals surface area contributed by atoms with Crippen LogP contribution >= 0.6 is 0 Å². The summed E-state index contributed by atoms with van der Waals surface area (Å²) in [7, 11) is -14.6. The van der Waals surface area contributed by atoms with Gasteiger partial charge in [0.05, 0.1) is 33.8 Å². The van der Waals surface area contributed by atoms with Crippen LogP contribution in [-0.2, 0) is 30.4 Å². The summed E-state index contributed by atoms with van der Waals surface area (Å²) >= 11 is 0. The molecule has 301 valence electrons. The van der Waals surface area contributed by atoms with Crippen LogP contribution in [0.15, 0.2) is 167 Å². The van der Waals surface area contributed by atoms with Gasteiger partial charge in [-0.15, -0.1) is 15.3 Å². The van der Waals surface area contributed by atoms with E-state index >= 15 is 0 Å². The molecule has 0 amide bonds. The molecule has 0 aromatic heterocycles. The molecule has 8 N–H and O–H groups in total. The normalized spacial score (nSPS) is 12.1. The topological polar surface area (TPSA) is 310 Å². The van der Waals surface area contributed by atoms with Crippen LogP contribution < -0.4 is 11.5 Å². The minimum atomic E-state index is -5.07. The van der Waals surface area contributed by atoms with Crippen molar-refractivity contribution in [2.75, 3.05) is 11.5 Å². The van der Waals surface area contributed by atoms with Crippen LogP contribution in [0.2, 0.25) is 0 Å². The molecule has 0 heterocycles. The van der Waals surface area contributed by atoms with Crippen molar-refractivity contribution in [1.82, 2.24) is 0 Å². The van der Waals surface area contributed by atoms with Gasteiger partial charge in [0.15, 0.2) is 5.75 Å². The summed E-state index contributed by atoms with van der Waals surface area (Å²) < 4.78 is 103. The molecule has 0 aliphatic carbocycles.